The number of furan rings is 1. The second-order valence-corrected chi connectivity index (χ2v) is 7.41. The van der Waals surface area contributed by atoms with Crippen LogP contribution in [0.4, 0.5) is 5.69 Å². The standard InChI is InChI=1S/C25H20ClNO4/c1-2-16-7-13-19(14-8-16)30-15-22(28)27-23-20-5-3-4-6-21(20)31-25(23)24(29)17-9-11-18(26)12-10-17/h3-14H,2,15H2,1H3,(H,27,28). The molecule has 5 nitrogen and oxygen atoms in total. The van der Waals surface area contributed by atoms with Crippen molar-refractivity contribution < 1.29 is 18.7 Å². The Morgan fingerprint density at radius 3 is 2.39 bits per heavy atom. The highest BCUT2D eigenvalue weighted by atomic mass is 35.5. The molecule has 1 N–H and O–H groups in total. The fraction of sp³-hybridized carbons (Fsp3) is 0.120. The minimum atomic E-state index is -0.392. The number of nitrogens with one attached hydrogen (secondary N) is 1. The highest BCUT2D eigenvalue weighted by Gasteiger charge is 2.23. The molecule has 0 saturated heterocycles. The van der Waals surface area contributed by atoms with Crippen LogP contribution in [0.1, 0.15) is 28.6 Å². The number of carbonyl (C=O) groups is 2. The van der Waals surface area contributed by atoms with Crippen LogP contribution in [-0.4, -0.2) is 18.3 Å². The number of rotatable bonds is 7. The van der Waals surface area contributed by atoms with Crippen molar-refractivity contribution in [1.29, 1.82) is 0 Å². The number of ketones is 1. The predicted molar refractivity (Wildman–Crippen MR) is 121 cm³/mol. The molecule has 6 heteroatoms. The van der Waals surface area contributed by atoms with Crippen LogP contribution in [0.5, 0.6) is 5.75 Å². The first kappa shape index (κ1) is 20.7. The van der Waals surface area contributed by atoms with E-state index in [4.69, 9.17) is 20.8 Å². The molecule has 0 unspecified atom stereocenters. The summed E-state index contributed by atoms with van der Waals surface area (Å²) in [4.78, 5) is 25.6. The van der Waals surface area contributed by atoms with Crippen molar-refractivity contribution in [3.05, 3.63) is 94.7 Å². The molecule has 1 amide bonds. The van der Waals surface area contributed by atoms with E-state index in [0.717, 1.165) is 6.42 Å². The molecule has 0 aliphatic carbocycles. The minimum absolute atomic E-state index is 0.0594. The van der Waals surface area contributed by atoms with Crippen molar-refractivity contribution >= 4 is 39.9 Å². The Hall–Kier alpha value is -3.57. The third-order valence-corrected chi connectivity index (χ3v) is 5.13. The Morgan fingerprint density at radius 2 is 1.68 bits per heavy atom. The van der Waals surface area contributed by atoms with Gasteiger partial charge in [-0.15, -0.1) is 0 Å². The first-order valence-corrected chi connectivity index (χ1v) is 10.3. The molecule has 156 valence electrons. The number of benzene rings is 3. The normalized spacial score (nSPS) is 10.8. The van der Waals surface area contributed by atoms with E-state index in [9.17, 15) is 9.59 Å². The molecule has 0 fully saturated rings. The summed E-state index contributed by atoms with van der Waals surface area (Å²) in [5.41, 5.74) is 2.43. The van der Waals surface area contributed by atoms with Gasteiger partial charge < -0.3 is 14.5 Å². The van der Waals surface area contributed by atoms with Gasteiger partial charge in [0.25, 0.3) is 5.91 Å². The van der Waals surface area contributed by atoms with Crippen LogP contribution in [-0.2, 0) is 11.2 Å². The van der Waals surface area contributed by atoms with Gasteiger partial charge in [0.1, 0.15) is 11.3 Å². The van der Waals surface area contributed by atoms with Gasteiger partial charge in [-0.05, 0) is 60.5 Å². The zero-order valence-corrected chi connectivity index (χ0v) is 17.6. The zero-order chi connectivity index (χ0) is 21.8. The summed E-state index contributed by atoms with van der Waals surface area (Å²) >= 11 is 5.92. The molecule has 0 atom stereocenters. The van der Waals surface area contributed by atoms with E-state index in [1.165, 1.54) is 5.56 Å². The summed E-state index contributed by atoms with van der Waals surface area (Å²) < 4.78 is 11.4. The number of para-hydroxylation sites is 1. The lowest BCUT2D eigenvalue weighted by molar-refractivity contribution is -0.118. The van der Waals surface area contributed by atoms with Crippen molar-refractivity contribution in [1.82, 2.24) is 0 Å². The number of carbonyl (C=O) groups excluding carboxylic acids is 2. The smallest absolute Gasteiger partial charge is 0.262 e. The van der Waals surface area contributed by atoms with Gasteiger partial charge in [-0.3, -0.25) is 9.59 Å². The topological polar surface area (TPSA) is 68.5 Å². The van der Waals surface area contributed by atoms with E-state index >= 15 is 0 Å². The van der Waals surface area contributed by atoms with Crippen LogP contribution in [0, 0.1) is 0 Å². The Labute approximate surface area is 184 Å². The van der Waals surface area contributed by atoms with Gasteiger partial charge in [-0.2, -0.15) is 0 Å². The lowest BCUT2D eigenvalue weighted by Gasteiger charge is -2.08. The molecule has 1 aromatic heterocycles. The van der Waals surface area contributed by atoms with E-state index in [-0.39, 0.29) is 18.2 Å². The number of anilines is 1. The quantitative estimate of drug-likeness (QED) is 0.368. The van der Waals surface area contributed by atoms with Gasteiger partial charge >= 0.3 is 0 Å². The van der Waals surface area contributed by atoms with E-state index < -0.39 is 5.91 Å². The van der Waals surface area contributed by atoms with Gasteiger partial charge in [0.05, 0.1) is 5.69 Å². The predicted octanol–water partition coefficient (Wildman–Crippen LogP) is 5.90. The molecule has 1 heterocycles. The zero-order valence-electron chi connectivity index (χ0n) is 16.9. The lowest BCUT2D eigenvalue weighted by Crippen LogP contribution is -2.21. The number of amides is 1. The van der Waals surface area contributed by atoms with Crippen molar-refractivity contribution in [2.24, 2.45) is 0 Å². The van der Waals surface area contributed by atoms with Crippen LogP contribution in [0.3, 0.4) is 0 Å². The van der Waals surface area contributed by atoms with Crippen LogP contribution in [0.2, 0.25) is 5.02 Å². The van der Waals surface area contributed by atoms with Gasteiger partial charge in [0.15, 0.2) is 12.4 Å². The first-order chi connectivity index (χ1) is 15.0. The minimum Gasteiger partial charge on any atom is -0.484 e. The maximum absolute atomic E-state index is 13.0. The summed E-state index contributed by atoms with van der Waals surface area (Å²) in [5, 5.41) is 3.95. The highest BCUT2D eigenvalue weighted by Crippen LogP contribution is 2.32. The molecular formula is C25H20ClNO4. The molecule has 3 aromatic carbocycles. The Kier molecular flexibility index (Phi) is 6.05. The highest BCUT2D eigenvalue weighted by molar-refractivity contribution is 6.30. The molecule has 0 bridgehead atoms. The summed E-state index contributed by atoms with van der Waals surface area (Å²) in [5.74, 6) is -0.0819. The van der Waals surface area contributed by atoms with Crippen LogP contribution in [0.15, 0.2) is 77.2 Å². The van der Waals surface area contributed by atoms with Crippen LogP contribution < -0.4 is 10.1 Å². The van der Waals surface area contributed by atoms with E-state index in [0.29, 0.717) is 33.0 Å². The third kappa shape index (κ3) is 4.62. The number of hydrogen-bond acceptors (Lipinski definition) is 4. The van der Waals surface area contributed by atoms with Crippen molar-refractivity contribution in [2.75, 3.05) is 11.9 Å². The summed E-state index contributed by atoms with van der Waals surface area (Å²) in [6.07, 6.45) is 0.929. The number of ether oxygens (including phenoxy) is 1. The maximum Gasteiger partial charge on any atom is 0.262 e. The average molecular weight is 434 g/mol. The molecule has 0 radical (unpaired) electrons. The van der Waals surface area contributed by atoms with Crippen molar-refractivity contribution in [2.45, 2.75) is 13.3 Å². The monoisotopic (exact) mass is 433 g/mol. The molecule has 4 aromatic rings. The second-order valence-electron chi connectivity index (χ2n) is 6.97. The number of hydrogen-bond donors (Lipinski definition) is 1. The van der Waals surface area contributed by atoms with Gasteiger partial charge in [0.2, 0.25) is 5.78 Å². The second kappa shape index (κ2) is 9.06. The molecule has 31 heavy (non-hydrogen) atoms. The fourth-order valence-electron chi connectivity index (χ4n) is 3.21. The molecule has 0 aliphatic rings. The number of aryl methyl sites for hydroxylation is 1. The Balaban J connectivity index is 1.57. The molecule has 4 rings (SSSR count). The van der Waals surface area contributed by atoms with E-state index in [1.54, 1.807) is 42.5 Å². The van der Waals surface area contributed by atoms with Crippen LogP contribution in [0.25, 0.3) is 11.0 Å². The summed E-state index contributed by atoms with van der Waals surface area (Å²) in [7, 11) is 0. The number of halogens is 1. The van der Waals surface area contributed by atoms with Crippen LogP contribution >= 0.6 is 11.6 Å². The summed E-state index contributed by atoms with van der Waals surface area (Å²) in [6.45, 7) is 1.88. The Morgan fingerprint density at radius 1 is 0.968 bits per heavy atom. The SMILES string of the molecule is CCc1ccc(OCC(=O)Nc2c(C(=O)c3ccc(Cl)cc3)oc3ccccc23)cc1. The van der Waals surface area contributed by atoms with Crippen molar-refractivity contribution in [3.8, 4) is 5.75 Å². The lowest BCUT2D eigenvalue weighted by atomic mass is 10.1. The summed E-state index contributed by atoms with van der Waals surface area (Å²) in [6, 6.07) is 21.2. The van der Waals surface area contributed by atoms with Gasteiger partial charge in [-0.1, -0.05) is 42.8 Å². The molecule has 0 saturated carbocycles. The molecule has 0 spiro atoms. The average Bonchev–Trinajstić information content (AvgIpc) is 3.16. The third-order valence-electron chi connectivity index (χ3n) is 4.87. The van der Waals surface area contributed by atoms with E-state index in [2.05, 4.69) is 12.2 Å². The molecular weight excluding hydrogens is 414 g/mol. The molecule has 0 aliphatic heterocycles. The number of fused-ring (bicyclic) bond motifs is 1. The fourth-order valence-corrected chi connectivity index (χ4v) is 3.33. The van der Waals surface area contributed by atoms with Gasteiger partial charge in [-0.25, -0.2) is 0 Å². The largest absolute Gasteiger partial charge is 0.484 e. The maximum atomic E-state index is 13.0. The first-order valence-electron chi connectivity index (χ1n) is 9.88. The van der Waals surface area contributed by atoms with E-state index in [1.807, 2.05) is 30.3 Å². The van der Waals surface area contributed by atoms with Gasteiger partial charge in [0, 0.05) is 16.0 Å². The Bertz CT molecular complexity index is 1230. The van der Waals surface area contributed by atoms with Crippen molar-refractivity contribution in [3.63, 3.8) is 0 Å².